The van der Waals surface area contributed by atoms with E-state index in [1.165, 1.54) is 0 Å². The van der Waals surface area contributed by atoms with Gasteiger partial charge in [-0.2, -0.15) is 0 Å². The number of aliphatic hydroxyl groups excluding tert-OH is 1. The van der Waals surface area contributed by atoms with Crippen LogP contribution in [0.15, 0.2) is 82.5 Å². The molecule has 6 heteroatoms. The number of carbonyl (C=O) groups excluding carboxylic acids is 1. The number of aliphatic hydroxyl groups is 1. The smallest absolute Gasteiger partial charge is 0.224 e. The zero-order valence-electron chi connectivity index (χ0n) is 18.1. The third-order valence-corrected chi connectivity index (χ3v) is 4.06. The van der Waals surface area contributed by atoms with Crippen LogP contribution in [0.1, 0.15) is 46.5 Å². The van der Waals surface area contributed by atoms with E-state index in [1.54, 1.807) is 6.08 Å². The van der Waals surface area contributed by atoms with Crippen molar-refractivity contribution in [3.05, 3.63) is 82.5 Å². The minimum atomic E-state index is 0.0167. The van der Waals surface area contributed by atoms with Gasteiger partial charge in [0.2, 0.25) is 5.91 Å². The van der Waals surface area contributed by atoms with Crippen LogP contribution in [-0.2, 0) is 4.79 Å². The van der Waals surface area contributed by atoms with Crippen LogP contribution in [0.4, 0.5) is 11.4 Å². The van der Waals surface area contributed by atoms with Crippen molar-refractivity contribution in [3.8, 4) is 0 Å². The molecule has 0 aliphatic rings. The number of allylic oxidation sites excluding steroid dienone is 2. The standard InChI is InChI=1S/C11H12BrNO.C6H6BrN.C5H10O.C2H6/c1-2-3-7-11(14)13-10-6-4-5-9(12)8-10;7-5-2-1-3-6(8)4-5;1-3-4-5(2)6;1-2/h2,4-6,8H,1,3,7H2,(H,13,14);1-4H,8H2;6H,2-4H2,1H3;1-2H3. The topological polar surface area (TPSA) is 75.3 Å². The lowest BCUT2D eigenvalue weighted by molar-refractivity contribution is -0.116. The Bertz CT molecular complexity index is 732. The number of halogens is 2. The van der Waals surface area contributed by atoms with Gasteiger partial charge in [-0.05, 0) is 49.2 Å². The molecule has 2 aromatic carbocycles. The molecule has 30 heavy (non-hydrogen) atoms. The lowest BCUT2D eigenvalue weighted by atomic mass is 10.2. The van der Waals surface area contributed by atoms with Gasteiger partial charge in [-0.1, -0.05) is 77.4 Å². The molecule has 166 valence electrons. The highest BCUT2D eigenvalue weighted by atomic mass is 79.9. The summed E-state index contributed by atoms with van der Waals surface area (Å²) in [7, 11) is 0. The number of benzene rings is 2. The zero-order valence-corrected chi connectivity index (χ0v) is 21.3. The molecule has 0 spiro atoms. The maximum absolute atomic E-state index is 11.3. The number of hydrogen-bond donors (Lipinski definition) is 3. The Morgan fingerprint density at radius 1 is 1.10 bits per heavy atom. The van der Waals surface area contributed by atoms with Gasteiger partial charge in [-0.25, -0.2) is 0 Å². The Labute approximate surface area is 198 Å². The molecule has 2 rings (SSSR count). The SMILES string of the molecule is C=C(O)CCC.C=CCCC(=O)Nc1cccc(Br)c1.CC.Nc1cccc(Br)c1. The minimum Gasteiger partial charge on any atom is -0.513 e. The molecule has 0 bridgehead atoms. The van der Waals surface area contributed by atoms with Gasteiger partial charge in [0.25, 0.3) is 0 Å². The van der Waals surface area contributed by atoms with Gasteiger partial charge in [0, 0.05) is 33.2 Å². The van der Waals surface area contributed by atoms with Gasteiger partial charge in [0.05, 0.1) is 5.76 Å². The second-order valence-electron chi connectivity index (χ2n) is 5.76. The highest BCUT2D eigenvalue weighted by Crippen LogP contribution is 2.15. The van der Waals surface area contributed by atoms with Gasteiger partial charge in [0.1, 0.15) is 0 Å². The fourth-order valence-electron chi connectivity index (χ4n) is 1.82. The Morgan fingerprint density at radius 2 is 1.67 bits per heavy atom. The van der Waals surface area contributed by atoms with Crippen molar-refractivity contribution in [1.82, 2.24) is 0 Å². The number of nitrogens with two attached hydrogens (primary N) is 1. The molecule has 4 nitrogen and oxygen atoms in total. The maximum atomic E-state index is 11.3. The molecule has 0 fully saturated rings. The Morgan fingerprint density at radius 3 is 2.03 bits per heavy atom. The van der Waals surface area contributed by atoms with Crippen LogP contribution in [0.2, 0.25) is 0 Å². The number of nitrogens with one attached hydrogen (secondary N) is 1. The van der Waals surface area contributed by atoms with E-state index in [0.29, 0.717) is 12.8 Å². The van der Waals surface area contributed by atoms with E-state index in [4.69, 9.17) is 10.8 Å². The fourth-order valence-corrected chi connectivity index (χ4v) is 2.63. The van der Waals surface area contributed by atoms with Crippen LogP contribution in [0, 0.1) is 0 Å². The van der Waals surface area contributed by atoms with E-state index >= 15 is 0 Å². The second kappa shape index (κ2) is 20.2. The molecule has 0 saturated heterocycles. The quantitative estimate of drug-likeness (QED) is 0.195. The molecule has 1 amide bonds. The largest absolute Gasteiger partial charge is 0.513 e. The molecule has 0 radical (unpaired) electrons. The Balaban J connectivity index is 0. The van der Waals surface area contributed by atoms with E-state index < -0.39 is 0 Å². The monoisotopic (exact) mass is 540 g/mol. The fraction of sp³-hybridized carbons (Fsp3) is 0.292. The van der Waals surface area contributed by atoms with Crippen LogP contribution in [0.3, 0.4) is 0 Å². The summed E-state index contributed by atoms with van der Waals surface area (Å²) in [4.78, 5) is 11.3. The van der Waals surface area contributed by atoms with Gasteiger partial charge < -0.3 is 16.2 Å². The van der Waals surface area contributed by atoms with Crippen LogP contribution in [-0.4, -0.2) is 11.0 Å². The third-order valence-electron chi connectivity index (χ3n) is 3.07. The summed E-state index contributed by atoms with van der Waals surface area (Å²) < 4.78 is 1.98. The average molecular weight is 542 g/mol. The summed E-state index contributed by atoms with van der Waals surface area (Å²) in [6.45, 7) is 12.9. The van der Waals surface area contributed by atoms with Crippen molar-refractivity contribution < 1.29 is 9.90 Å². The number of amides is 1. The molecule has 0 unspecified atom stereocenters. The van der Waals surface area contributed by atoms with Crippen LogP contribution in [0.25, 0.3) is 0 Å². The zero-order chi connectivity index (χ0) is 23.4. The number of carbonyl (C=O) groups is 1. The van der Waals surface area contributed by atoms with Crippen molar-refractivity contribution in [1.29, 1.82) is 0 Å². The van der Waals surface area contributed by atoms with Gasteiger partial charge in [-0.15, -0.1) is 6.58 Å². The number of rotatable bonds is 6. The van der Waals surface area contributed by atoms with Crippen molar-refractivity contribution in [2.75, 3.05) is 11.1 Å². The normalized spacial score (nSPS) is 8.70. The van der Waals surface area contributed by atoms with Crippen molar-refractivity contribution in [2.45, 2.75) is 46.5 Å². The third kappa shape index (κ3) is 19.3. The molecular weight excluding hydrogens is 508 g/mol. The first-order valence-corrected chi connectivity index (χ1v) is 11.4. The lowest BCUT2D eigenvalue weighted by Crippen LogP contribution is -2.10. The summed E-state index contributed by atoms with van der Waals surface area (Å²) >= 11 is 6.62. The second-order valence-corrected chi connectivity index (χ2v) is 7.59. The average Bonchev–Trinajstić information content (AvgIpc) is 2.69. The van der Waals surface area contributed by atoms with Crippen molar-refractivity contribution in [3.63, 3.8) is 0 Å². The first-order valence-electron chi connectivity index (χ1n) is 9.82. The minimum absolute atomic E-state index is 0.0167. The van der Waals surface area contributed by atoms with Gasteiger partial charge >= 0.3 is 0 Å². The summed E-state index contributed by atoms with van der Waals surface area (Å²) in [5.74, 6) is 0.306. The van der Waals surface area contributed by atoms with Gasteiger partial charge in [0.15, 0.2) is 0 Å². The van der Waals surface area contributed by atoms with E-state index in [1.807, 2.05) is 69.3 Å². The molecule has 0 aliphatic carbocycles. The van der Waals surface area contributed by atoms with E-state index in [2.05, 4.69) is 50.3 Å². The first-order chi connectivity index (χ1) is 14.3. The van der Waals surface area contributed by atoms with E-state index in [9.17, 15) is 4.79 Å². The number of hydrogen-bond acceptors (Lipinski definition) is 3. The Kier molecular flexibility index (Phi) is 20.3. The first kappa shape index (κ1) is 30.1. The summed E-state index contributed by atoms with van der Waals surface area (Å²) in [6, 6.07) is 15.1. The summed E-state index contributed by atoms with van der Waals surface area (Å²) in [6.07, 6.45) is 4.64. The molecule has 0 atom stereocenters. The number of nitrogen functional groups attached to an aromatic ring is 1. The van der Waals surface area contributed by atoms with E-state index in [-0.39, 0.29) is 11.7 Å². The maximum Gasteiger partial charge on any atom is 0.224 e. The van der Waals surface area contributed by atoms with Crippen LogP contribution >= 0.6 is 31.9 Å². The summed E-state index contributed by atoms with van der Waals surface area (Å²) in [5, 5.41) is 11.2. The molecule has 0 aromatic heterocycles. The van der Waals surface area contributed by atoms with Crippen LogP contribution < -0.4 is 11.1 Å². The highest BCUT2D eigenvalue weighted by molar-refractivity contribution is 9.10. The van der Waals surface area contributed by atoms with E-state index in [0.717, 1.165) is 33.2 Å². The molecule has 0 heterocycles. The number of anilines is 2. The van der Waals surface area contributed by atoms with Crippen molar-refractivity contribution >= 4 is 49.1 Å². The molecular formula is C24H34Br2N2O2. The summed E-state index contributed by atoms with van der Waals surface area (Å²) in [5.41, 5.74) is 7.03. The lowest BCUT2D eigenvalue weighted by Gasteiger charge is -2.03. The van der Waals surface area contributed by atoms with Gasteiger partial charge in [-0.3, -0.25) is 4.79 Å². The molecule has 2 aromatic rings. The molecule has 0 aliphatic heterocycles. The predicted octanol–water partition coefficient (Wildman–Crippen LogP) is 8.27. The van der Waals surface area contributed by atoms with Crippen molar-refractivity contribution in [2.24, 2.45) is 0 Å². The van der Waals surface area contributed by atoms with Crippen LogP contribution in [0.5, 0.6) is 0 Å². The molecule has 4 N–H and O–H groups in total. The predicted molar refractivity (Wildman–Crippen MR) is 139 cm³/mol. The highest BCUT2D eigenvalue weighted by Gasteiger charge is 2.00. The Hall–Kier alpha value is -2.05. The molecule has 0 saturated carbocycles.